The molecule has 0 fully saturated rings. The van der Waals surface area contributed by atoms with Crippen LogP contribution >= 0.6 is 11.8 Å². The predicted molar refractivity (Wildman–Crippen MR) is 121 cm³/mol. The summed E-state index contributed by atoms with van der Waals surface area (Å²) in [4.78, 5) is 45.1. The molecule has 2 heterocycles. The molecule has 1 aromatic heterocycles. The molecule has 3 N–H and O–H groups in total. The number of H-pyrrole nitrogens is 1. The SMILES string of the molecule is Cc1ccc(NC(=O)[C@@H]2CC(=O)Nc3nc(SCc4ccccc4C)[nH]c(=O)c32)cc1. The van der Waals surface area contributed by atoms with E-state index < -0.39 is 17.4 Å². The van der Waals surface area contributed by atoms with Crippen LogP contribution in [0.2, 0.25) is 0 Å². The summed E-state index contributed by atoms with van der Waals surface area (Å²) in [5.41, 5.74) is 3.73. The monoisotopic (exact) mass is 434 g/mol. The number of anilines is 2. The van der Waals surface area contributed by atoms with Gasteiger partial charge in [-0.1, -0.05) is 53.7 Å². The van der Waals surface area contributed by atoms with Crippen molar-refractivity contribution in [3.05, 3.63) is 81.1 Å². The number of thioether (sulfide) groups is 1. The highest BCUT2D eigenvalue weighted by Gasteiger charge is 2.34. The van der Waals surface area contributed by atoms with E-state index in [0.29, 0.717) is 16.6 Å². The van der Waals surface area contributed by atoms with Crippen molar-refractivity contribution in [2.75, 3.05) is 10.6 Å². The summed E-state index contributed by atoms with van der Waals surface area (Å²) >= 11 is 1.37. The number of hydrogen-bond donors (Lipinski definition) is 3. The second-order valence-electron chi connectivity index (χ2n) is 7.51. The zero-order valence-corrected chi connectivity index (χ0v) is 18.0. The van der Waals surface area contributed by atoms with Crippen LogP contribution in [-0.2, 0) is 15.3 Å². The van der Waals surface area contributed by atoms with Gasteiger partial charge in [0.25, 0.3) is 5.56 Å². The Morgan fingerprint density at radius 1 is 1.13 bits per heavy atom. The minimum atomic E-state index is -0.906. The zero-order valence-electron chi connectivity index (χ0n) is 17.2. The number of carbonyl (C=O) groups excluding carboxylic acids is 2. The van der Waals surface area contributed by atoms with Gasteiger partial charge in [-0.3, -0.25) is 14.4 Å². The molecule has 31 heavy (non-hydrogen) atoms. The number of fused-ring (bicyclic) bond motifs is 1. The van der Waals surface area contributed by atoms with Gasteiger partial charge in [-0.15, -0.1) is 0 Å². The molecule has 7 nitrogen and oxygen atoms in total. The Bertz CT molecular complexity index is 1200. The van der Waals surface area contributed by atoms with Gasteiger partial charge < -0.3 is 15.6 Å². The zero-order chi connectivity index (χ0) is 22.0. The van der Waals surface area contributed by atoms with Crippen LogP contribution in [-0.4, -0.2) is 21.8 Å². The number of aromatic amines is 1. The lowest BCUT2D eigenvalue weighted by Gasteiger charge is -2.23. The Kier molecular flexibility index (Phi) is 5.90. The number of nitrogens with one attached hydrogen (secondary N) is 3. The third-order valence-corrected chi connectivity index (χ3v) is 6.11. The smallest absolute Gasteiger partial charge is 0.257 e. The Labute approximate surface area is 183 Å². The van der Waals surface area contributed by atoms with E-state index in [9.17, 15) is 14.4 Å². The van der Waals surface area contributed by atoms with Gasteiger partial charge >= 0.3 is 0 Å². The van der Waals surface area contributed by atoms with Crippen LogP contribution in [0.3, 0.4) is 0 Å². The summed E-state index contributed by atoms with van der Waals surface area (Å²) in [5.74, 6) is -0.884. The van der Waals surface area contributed by atoms with Crippen LogP contribution in [0.15, 0.2) is 58.5 Å². The van der Waals surface area contributed by atoms with Gasteiger partial charge in [-0.25, -0.2) is 4.98 Å². The predicted octanol–water partition coefficient (Wildman–Crippen LogP) is 3.74. The first-order valence-corrected chi connectivity index (χ1v) is 10.9. The fourth-order valence-corrected chi connectivity index (χ4v) is 4.36. The van der Waals surface area contributed by atoms with Crippen molar-refractivity contribution in [1.82, 2.24) is 9.97 Å². The van der Waals surface area contributed by atoms with E-state index in [1.54, 1.807) is 12.1 Å². The maximum atomic E-state index is 12.9. The summed E-state index contributed by atoms with van der Waals surface area (Å²) in [6.45, 7) is 3.98. The molecule has 4 rings (SSSR count). The molecule has 0 saturated carbocycles. The topological polar surface area (TPSA) is 104 Å². The van der Waals surface area contributed by atoms with Crippen molar-refractivity contribution in [2.24, 2.45) is 0 Å². The van der Waals surface area contributed by atoms with E-state index in [1.807, 2.05) is 50.2 Å². The summed E-state index contributed by atoms with van der Waals surface area (Å²) < 4.78 is 0. The average molecular weight is 435 g/mol. The average Bonchev–Trinajstić information content (AvgIpc) is 2.74. The standard InChI is InChI=1S/C23H22N4O3S/c1-13-7-9-16(10-8-13)24-21(29)17-11-18(28)25-20-19(17)22(30)27-23(26-20)31-12-15-6-4-3-5-14(15)2/h3-10,17H,11-12H2,1-2H3,(H,24,29)(H2,25,26,27,28,30)/t17-/m1/s1. The normalized spacial score (nSPS) is 15.2. The minimum Gasteiger partial charge on any atom is -0.326 e. The van der Waals surface area contributed by atoms with Crippen molar-refractivity contribution in [3.63, 3.8) is 0 Å². The van der Waals surface area contributed by atoms with Gasteiger partial charge in [0.05, 0.1) is 11.5 Å². The number of hydrogen-bond acceptors (Lipinski definition) is 5. The highest BCUT2D eigenvalue weighted by Crippen LogP contribution is 2.31. The van der Waals surface area contributed by atoms with Crippen molar-refractivity contribution in [2.45, 2.75) is 37.1 Å². The van der Waals surface area contributed by atoms with Gasteiger partial charge in [0.1, 0.15) is 5.82 Å². The van der Waals surface area contributed by atoms with E-state index in [0.717, 1.165) is 16.7 Å². The molecule has 1 aliphatic rings. The number of amides is 2. The van der Waals surface area contributed by atoms with Gasteiger partial charge in [-0.05, 0) is 37.1 Å². The Balaban J connectivity index is 1.58. The number of rotatable bonds is 5. The van der Waals surface area contributed by atoms with E-state index in [2.05, 4.69) is 20.6 Å². The molecule has 0 bridgehead atoms. The number of aromatic nitrogens is 2. The molecule has 0 aliphatic carbocycles. The van der Waals surface area contributed by atoms with Gasteiger partial charge in [0.2, 0.25) is 11.8 Å². The lowest BCUT2D eigenvalue weighted by molar-refractivity contribution is -0.123. The molecule has 2 aromatic carbocycles. The van der Waals surface area contributed by atoms with Crippen LogP contribution in [0.5, 0.6) is 0 Å². The van der Waals surface area contributed by atoms with Crippen LogP contribution < -0.4 is 16.2 Å². The summed E-state index contributed by atoms with van der Waals surface area (Å²) in [7, 11) is 0. The lowest BCUT2D eigenvalue weighted by atomic mass is 9.92. The Morgan fingerprint density at radius 3 is 2.61 bits per heavy atom. The number of carbonyl (C=O) groups is 2. The summed E-state index contributed by atoms with van der Waals surface area (Å²) in [5, 5.41) is 5.83. The Hall–Kier alpha value is -3.39. The summed E-state index contributed by atoms with van der Waals surface area (Å²) in [6, 6.07) is 15.3. The molecule has 1 aliphatic heterocycles. The fraction of sp³-hybridized carbons (Fsp3) is 0.217. The van der Waals surface area contributed by atoms with Crippen molar-refractivity contribution in [3.8, 4) is 0 Å². The number of benzene rings is 2. The highest BCUT2D eigenvalue weighted by atomic mass is 32.2. The summed E-state index contributed by atoms with van der Waals surface area (Å²) in [6.07, 6.45) is -0.106. The van der Waals surface area contributed by atoms with Gasteiger partial charge in [-0.2, -0.15) is 0 Å². The quantitative estimate of drug-likeness (QED) is 0.419. The van der Waals surface area contributed by atoms with E-state index in [-0.39, 0.29) is 23.7 Å². The molecular formula is C23H22N4O3S. The lowest BCUT2D eigenvalue weighted by Crippen LogP contribution is -2.36. The molecule has 1 atom stereocenters. The number of aryl methyl sites for hydroxylation is 2. The van der Waals surface area contributed by atoms with Crippen molar-refractivity contribution in [1.29, 1.82) is 0 Å². The van der Waals surface area contributed by atoms with Gasteiger partial charge in [0.15, 0.2) is 5.16 Å². The third-order valence-electron chi connectivity index (χ3n) is 5.19. The first kappa shape index (κ1) is 20.9. The molecule has 3 aromatic rings. The molecule has 158 valence electrons. The highest BCUT2D eigenvalue weighted by molar-refractivity contribution is 7.98. The van der Waals surface area contributed by atoms with Crippen LogP contribution in [0.1, 0.15) is 34.6 Å². The molecule has 0 radical (unpaired) electrons. The molecule has 0 spiro atoms. The van der Waals surface area contributed by atoms with Crippen molar-refractivity contribution >= 4 is 35.1 Å². The van der Waals surface area contributed by atoms with E-state index >= 15 is 0 Å². The fourth-order valence-electron chi connectivity index (χ4n) is 3.43. The first-order chi connectivity index (χ1) is 14.9. The van der Waals surface area contributed by atoms with E-state index in [1.165, 1.54) is 11.8 Å². The van der Waals surface area contributed by atoms with Crippen molar-refractivity contribution < 1.29 is 9.59 Å². The molecule has 2 amide bonds. The van der Waals surface area contributed by atoms with E-state index in [4.69, 9.17) is 0 Å². The van der Waals surface area contributed by atoms with Crippen LogP contribution in [0, 0.1) is 13.8 Å². The minimum absolute atomic E-state index is 0.106. The second-order valence-corrected chi connectivity index (χ2v) is 8.47. The molecule has 8 heteroatoms. The maximum Gasteiger partial charge on any atom is 0.257 e. The molecular weight excluding hydrogens is 412 g/mol. The number of nitrogens with zero attached hydrogens (tertiary/aromatic N) is 1. The third kappa shape index (κ3) is 4.69. The first-order valence-electron chi connectivity index (χ1n) is 9.89. The maximum absolute atomic E-state index is 12.9. The largest absolute Gasteiger partial charge is 0.326 e. The van der Waals surface area contributed by atoms with Crippen LogP contribution in [0.25, 0.3) is 0 Å². The van der Waals surface area contributed by atoms with Crippen LogP contribution in [0.4, 0.5) is 11.5 Å². The van der Waals surface area contributed by atoms with Gasteiger partial charge in [0, 0.05) is 17.9 Å². The second kappa shape index (κ2) is 8.77. The Morgan fingerprint density at radius 2 is 1.87 bits per heavy atom. The molecule has 0 saturated heterocycles. The molecule has 0 unspecified atom stereocenters.